The van der Waals surface area contributed by atoms with Crippen molar-refractivity contribution in [2.24, 2.45) is 0 Å². The van der Waals surface area contributed by atoms with Gasteiger partial charge in [0.15, 0.2) is 5.13 Å². The van der Waals surface area contributed by atoms with Gasteiger partial charge in [0.2, 0.25) is 0 Å². The third-order valence-corrected chi connectivity index (χ3v) is 6.29. The normalized spacial score (nSPS) is 11.1. The third-order valence-electron chi connectivity index (χ3n) is 4.51. The highest BCUT2D eigenvalue weighted by Gasteiger charge is 2.21. The van der Waals surface area contributed by atoms with Crippen LogP contribution >= 0.6 is 23.1 Å². The van der Waals surface area contributed by atoms with Crippen LogP contribution in [0, 0.1) is 5.82 Å². The number of fused-ring (bicyclic) bond motifs is 1. The van der Waals surface area contributed by atoms with Crippen molar-refractivity contribution in [2.45, 2.75) is 17.9 Å². The minimum atomic E-state index is -0.307. The van der Waals surface area contributed by atoms with Crippen LogP contribution < -0.4 is 4.90 Å². The number of thiazole rings is 1. The molecule has 4 rings (SSSR count). The van der Waals surface area contributed by atoms with Gasteiger partial charge in [0.05, 0.1) is 16.5 Å². The fourth-order valence-electron chi connectivity index (χ4n) is 3.01. The molecule has 0 atom stereocenters. The Morgan fingerprint density at radius 1 is 1.24 bits per heavy atom. The Bertz CT molecular complexity index is 1110. The predicted octanol–water partition coefficient (Wildman–Crippen LogP) is 5.09. The number of aryl methyl sites for hydroxylation is 1. The number of hydrogen-bond acceptors (Lipinski definition) is 5. The summed E-state index contributed by atoms with van der Waals surface area (Å²) in [7, 11) is 0. The SMILES string of the molecule is CSc1ccc(C(=O)N(CCCn2ccnc2)c2nc3ccc(F)cc3s2)cc1. The van der Waals surface area contributed by atoms with Crippen LogP contribution in [0.1, 0.15) is 16.8 Å². The lowest BCUT2D eigenvalue weighted by Crippen LogP contribution is -2.32. The van der Waals surface area contributed by atoms with E-state index in [-0.39, 0.29) is 11.7 Å². The van der Waals surface area contributed by atoms with Gasteiger partial charge >= 0.3 is 0 Å². The molecule has 0 bridgehead atoms. The molecule has 0 spiro atoms. The van der Waals surface area contributed by atoms with E-state index in [9.17, 15) is 9.18 Å². The first kappa shape index (κ1) is 19.6. The maximum absolute atomic E-state index is 13.6. The molecule has 4 aromatic rings. The number of benzene rings is 2. The van der Waals surface area contributed by atoms with E-state index in [2.05, 4.69) is 9.97 Å². The quantitative estimate of drug-likeness (QED) is 0.386. The summed E-state index contributed by atoms with van der Waals surface area (Å²) in [5.41, 5.74) is 1.30. The standard InChI is InChI=1S/C21H19FN4OS2/c1-28-17-6-3-15(4-7-17)20(27)26(11-2-10-25-12-9-23-14-25)21-24-18-8-5-16(22)13-19(18)29-21/h3-9,12-14H,2,10-11H2,1H3. The first-order valence-electron chi connectivity index (χ1n) is 9.12. The van der Waals surface area contributed by atoms with Crippen molar-refractivity contribution in [3.05, 3.63) is 72.6 Å². The molecule has 0 radical (unpaired) electrons. The third kappa shape index (κ3) is 4.49. The summed E-state index contributed by atoms with van der Waals surface area (Å²) in [5.74, 6) is -0.416. The van der Waals surface area contributed by atoms with Crippen molar-refractivity contribution in [2.75, 3.05) is 17.7 Å². The number of carbonyl (C=O) groups excluding carboxylic acids is 1. The zero-order valence-corrected chi connectivity index (χ0v) is 17.4. The lowest BCUT2D eigenvalue weighted by Gasteiger charge is -2.20. The van der Waals surface area contributed by atoms with Crippen LogP contribution in [0.25, 0.3) is 10.2 Å². The summed E-state index contributed by atoms with van der Waals surface area (Å²) in [6.45, 7) is 1.25. The zero-order chi connectivity index (χ0) is 20.2. The topological polar surface area (TPSA) is 51.0 Å². The molecule has 0 fully saturated rings. The van der Waals surface area contributed by atoms with Gasteiger partial charge in [-0.1, -0.05) is 11.3 Å². The molecule has 0 aliphatic carbocycles. The second-order valence-corrected chi connectivity index (χ2v) is 8.34. The van der Waals surface area contributed by atoms with Crippen molar-refractivity contribution in [3.63, 3.8) is 0 Å². The predicted molar refractivity (Wildman–Crippen MR) is 116 cm³/mol. The van der Waals surface area contributed by atoms with E-state index in [1.54, 1.807) is 35.3 Å². The van der Waals surface area contributed by atoms with E-state index < -0.39 is 0 Å². The molecule has 0 unspecified atom stereocenters. The van der Waals surface area contributed by atoms with Crippen molar-refractivity contribution in [1.82, 2.24) is 14.5 Å². The number of anilines is 1. The van der Waals surface area contributed by atoms with E-state index in [0.29, 0.717) is 22.8 Å². The molecule has 29 heavy (non-hydrogen) atoms. The van der Waals surface area contributed by atoms with Crippen LogP contribution in [0.3, 0.4) is 0 Å². The van der Waals surface area contributed by atoms with Gasteiger partial charge in [-0.15, -0.1) is 11.8 Å². The largest absolute Gasteiger partial charge is 0.337 e. The number of hydrogen-bond donors (Lipinski definition) is 0. The molecular formula is C21H19FN4OS2. The molecule has 0 saturated heterocycles. The number of imidazole rings is 1. The number of thioether (sulfide) groups is 1. The number of carbonyl (C=O) groups is 1. The van der Waals surface area contributed by atoms with Crippen molar-refractivity contribution >= 4 is 44.4 Å². The van der Waals surface area contributed by atoms with Gasteiger partial charge in [-0.2, -0.15) is 0 Å². The summed E-state index contributed by atoms with van der Waals surface area (Å²) in [6.07, 6.45) is 8.13. The maximum atomic E-state index is 13.6. The molecule has 1 amide bonds. The van der Waals surface area contributed by atoms with Crippen molar-refractivity contribution in [3.8, 4) is 0 Å². The molecule has 2 heterocycles. The first-order valence-corrected chi connectivity index (χ1v) is 11.2. The van der Waals surface area contributed by atoms with E-state index in [1.165, 1.54) is 23.5 Å². The van der Waals surface area contributed by atoms with Gasteiger partial charge in [-0.25, -0.2) is 14.4 Å². The minimum Gasteiger partial charge on any atom is -0.337 e. The molecular weight excluding hydrogens is 407 g/mol. The van der Waals surface area contributed by atoms with E-state index >= 15 is 0 Å². The van der Waals surface area contributed by atoms with Gasteiger partial charge in [-0.05, 0) is 55.1 Å². The summed E-state index contributed by atoms with van der Waals surface area (Å²) in [5, 5.41) is 0.579. The minimum absolute atomic E-state index is 0.109. The first-order chi connectivity index (χ1) is 14.1. The number of nitrogens with zero attached hydrogens (tertiary/aromatic N) is 4. The fraction of sp³-hybridized carbons (Fsp3) is 0.190. The number of aromatic nitrogens is 3. The van der Waals surface area contributed by atoms with Gasteiger partial charge in [0, 0.05) is 35.9 Å². The second kappa shape index (κ2) is 8.75. The molecule has 2 aromatic carbocycles. The zero-order valence-electron chi connectivity index (χ0n) is 15.8. The Kier molecular flexibility index (Phi) is 5.92. The Balaban J connectivity index is 1.61. The summed E-state index contributed by atoms with van der Waals surface area (Å²) in [6, 6.07) is 12.0. The smallest absolute Gasteiger partial charge is 0.260 e. The molecule has 2 aromatic heterocycles. The molecule has 0 N–H and O–H groups in total. The molecule has 8 heteroatoms. The molecule has 0 aliphatic heterocycles. The lowest BCUT2D eigenvalue weighted by atomic mass is 10.2. The van der Waals surface area contributed by atoms with Crippen molar-refractivity contribution < 1.29 is 9.18 Å². The molecule has 0 saturated carbocycles. The Labute approximate surface area is 176 Å². The number of amides is 1. The summed E-state index contributed by atoms with van der Waals surface area (Å²) < 4.78 is 16.3. The van der Waals surface area contributed by atoms with E-state index in [4.69, 9.17) is 0 Å². The molecule has 148 valence electrons. The van der Waals surface area contributed by atoms with Crippen LogP contribution in [-0.4, -0.2) is 33.2 Å². The van der Waals surface area contributed by atoms with Crippen LogP contribution in [0.4, 0.5) is 9.52 Å². The van der Waals surface area contributed by atoms with Gasteiger partial charge in [0.1, 0.15) is 5.82 Å². The highest BCUT2D eigenvalue weighted by molar-refractivity contribution is 7.98. The van der Waals surface area contributed by atoms with Crippen LogP contribution in [-0.2, 0) is 6.54 Å². The fourth-order valence-corrected chi connectivity index (χ4v) is 4.43. The highest BCUT2D eigenvalue weighted by atomic mass is 32.2. The molecule has 5 nitrogen and oxygen atoms in total. The van der Waals surface area contributed by atoms with E-state index in [1.807, 2.05) is 41.3 Å². The number of halogens is 1. The molecule has 0 aliphatic rings. The summed E-state index contributed by atoms with van der Waals surface area (Å²) >= 11 is 2.96. The Hall–Kier alpha value is -2.71. The van der Waals surface area contributed by atoms with Crippen LogP contribution in [0.5, 0.6) is 0 Å². The average molecular weight is 427 g/mol. The second-order valence-electron chi connectivity index (χ2n) is 6.45. The van der Waals surface area contributed by atoms with Crippen LogP contribution in [0.2, 0.25) is 0 Å². The maximum Gasteiger partial charge on any atom is 0.260 e. The van der Waals surface area contributed by atoms with E-state index in [0.717, 1.165) is 22.6 Å². The van der Waals surface area contributed by atoms with Crippen LogP contribution in [0.15, 0.2) is 66.1 Å². The lowest BCUT2D eigenvalue weighted by molar-refractivity contribution is 0.0986. The monoisotopic (exact) mass is 426 g/mol. The highest BCUT2D eigenvalue weighted by Crippen LogP contribution is 2.30. The Morgan fingerprint density at radius 2 is 2.07 bits per heavy atom. The van der Waals surface area contributed by atoms with Gasteiger partial charge in [-0.3, -0.25) is 9.69 Å². The average Bonchev–Trinajstić information content (AvgIpc) is 3.40. The van der Waals surface area contributed by atoms with Crippen molar-refractivity contribution in [1.29, 1.82) is 0 Å². The Morgan fingerprint density at radius 3 is 2.79 bits per heavy atom. The van der Waals surface area contributed by atoms with Gasteiger partial charge in [0.25, 0.3) is 5.91 Å². The summed E-state index contributed by atoms with van der Waals surface area (Å²) in [4.78, 5) is 24.7. The van der Waals surface area contributed by atoms with Gasteiger partial charge < -0.3 is 4.57 Å². The number of rotatable bonds is 7.